The lowest BCUT2D eigenvalue weighted by molar-refractivity contribution is -0.384. The smallest absolute Gasteiger partial charge is 0.293 e. The van der Waals surface area contributed by atoms with Gasteiger partial charge in [0.05, 0.1) is 16.6 Å². The van der Waals surface area contributed by atoms with Crippen LogP contribution >= 0.6 is 0 Å². The van der Waals surface area contributed by atoms with Crippen LogP contribution in [0.4, 0.5) is 11.4 Å². The van der Waals surface area contributed by atoms with Crippen LogP contribution in [0.3, 0.4) is 0 Å². The van der Waals surface area contributed by atoms with Crippen molar-refractivity contribution < 1.29 is 4.92 Å². The van der Waals surface area contributed by atoms with Crippen molar-refractivity contribution in [1.82, 2.24) is 4.90 Å². The minimum absolute atomic E-state index is 0.0145. The standard InChI is InChI=1S/C22H24N4O2/c1-24(21-10-7-17(14-23)11-22(21)26(27)28)20-12-18-8-9-19(13-20)25(18)15-16-5-3-2-4-6-16/h2-7,10-11,18-20H,8-9,12-13,15H2,1H3. The molecular weight excluding hydrogens is 352 g/mol. The van der Waals surface area contributed by atoms with Crippen LogP contribution in [-0.2, 0) is 6.54 Å². The molecule has 0 aliphatic carbocycles. The minimum Gasteiger partial charge on any atom is -0.366 e. The number of anilines is 1. The molecule has 6 heteroatoms. The second-order valence-corrected chi connectivity index (χ2v) is 7.85. The lowest BCUT2D eigenvalue weighted by Crippen LogP contribution is -2.49. The molecule has 2 bridgehead atoms. The Balaban J connectivity index is 1.52. The molecule has 6 nitrogen and oxygen atoms in total. The Morgan fingerprint density at radius 3 is 2.46 bits per heavy atom. The summed E-state index contributed by atoms with van der Waals surface area (Å²) in [4.78, 5) is 15.8. The molecule has 0 radical (unpaired) electrons. The van der Waals surface area contributed by atoms with Gasteiger partial charge in [-0.1, -0.05) is 30.3 Å². The maximum absolute atomic E-state index is 11.5. The van der Waals surface area contributed by atoms with Gasteiger partial charge in [0.25, 0.3) is 5.69 Å². The average Bonchev–Trinajstić information content (AvgIpc) is 2.94. The molecule has 0 amide bonds. The van der Waals surface area contributed by atoms with E-state index in [9.17, 15) is 10.1 Å². The van der Waals surface area contributed by atoms with Crippen molar-refractivity contribution in [3.8, 4) is 6.07 Å². The molecular formula is C22H24N4O2. The van der Waals surface area contributed by atoms with Crippen LogP contribution in [0.1, 0.15) is 36.8 Å². The van der Waals surface area contributed by atoms with Crippen LogP contribution in [0.5, 0.6) is 0 Å². The van der Waals surface area contributed by atoms with Crippen molar-refractivity contribution >= 4 is 11.4 Å². The van der Waals surface area contributed by atoms with Gasteiger partial charge in [0, 0.05) is 37.8 Å². The lowest BCUT2D eigenvalue weighted by atomic mass is 9.94. The Hall–Kier alpha value is -2.91. The number of nitro groups is 1. The maximum Gasteiger partial charge on any atom is 0.293 e. The topological polar surface area (TPSA) is 73.4 Å². The fourth-order valence-electron chi connectivity index (χ4n) is 4.85. The van der Waals surface area contributed by atoms with E-state index in [4.69, 9.17) is 5.26 Å². The summed E-state index contributed by atoms with van der Waals surface area (Å²) < 4.78 is 0. The van der Waals surface area contributed by atoms with Gasteiger partial charge in [-0.25, -0.2) is 0 Å². The fourth-order valence-corrected chi connectivity index (χ4v) is 4.85. The van der Waals surface area contributed by atoms with Gasteiger partial charge in [-0.15, -0.1) is 0 Å². The SMILES string of the molecule is CN(c1ccc(C#N)cc1[N+](=O)[O-])C1CC2CCC(C1)N2Cc1ccccc1. The summed E-state index contributed by atoms with van der Waals surface area (Å²) in [5.74, 6) is 0. The summed E-state index contributed by atoms with van der Waals surface area (Å²) in [6.45, 7) is 0.976. The van der Waals surface area contributed by atoms with E-state index >= 15 is 0 Å². The monoisotopic (exact) mass is 376 g/mol. The summed E-state index contributed by atoms with van der Waals surface area (Å²) in [7, 11) is 1.95. The molecule has 2 aromatic carbocycles. The first kappa shape index (κ1) is 18.5. The van der Waals surface area contributed by atoms with Gasteiger partial charge >= 0.3 is 0 Å². The van der Waals surface area contributed by atoms with Crippen molar-refractivity contribution in [1.29, 1.82) is 5.26 Å². The number of fused-ring (bicyclic) bond motifs is 2. The van der Waals surface area contributed by atoms with E-state index in [0.29, 0.717) is 23.3 Å². The second kappa shape index (κ2) is 7.61. The Morgan fingerprint density at radius 2 is 1.86 bits per heavy atom. The van der Waals surface area contributed by atoms with E-state index in [1.54, 1.807) is 12.1 Å². The van der Waals surface area contributed by atoms with Gasteiger partial charge in [-0.3, -0.25) is 15.0 Å². The lowest BCUT2D eigenvalue weighted by Gasteiger charge is -2.42. The van der Waals surface area contributed by atoms with E-state index in [2.05, 4.69) is 34.1 Å². The number of nitrogens with zero attached hydrogens (tertiary/aromatic N) is 4. The third-order valence-corrected chi connectivity index (χ3v) is 6.30. The molecule has 28 heavy (non-hydrogen) atoms. The maximum atomic E-state index is 11.5. The molecule has 0 saturated carbocycles. The molecule has 2 atom stereocenters. The van der Waals surface area contributed by atoms with Crippen molar-refractivity contribution in [2.75, 3.05) is 11.9 Å². The Kier molecular flexibility index (Phi) is 5.01. The molecule has 2 saturated heterocycles. The molecule has 2 unspecified atom stereocenters. The summed E-state index contributed by atoms with van der Waals surface area (Å²) in [5.41, 5.74) is 2.28. The summed E-state index contributed by atoms with van der Waals surface area (Å²) in [5, 5.41) is 20.6. The number of nitro benzene ring substituents is 1. The highest BCUT2D eigenvalue weighted by atomic mass is 16.6. The number of nitriles is 1. The van der Waals surface area contributed by atoms with E-state index in [-0.39, 0.29) is 16.7 Å². The Morgan fingerprint density at radius 1 is 1.18 bits per heavy atom. The van der Waals surface area contributed by atoms with Gasteiger partial charge in [0.1, 0.15) is 5.69 Å². The van der Waals surface area contributed by atoms with Crippen molar-refractivity contribution in [3.63, 3.8) is 0 Å². The number of hydrogen-bond donors (Lipinski definition) is 0. The normalized spacial score (nSPS) is 23.9. The molecule has 0 aromatic heterocycles. The predicted octanol–water partition coefficient (Wildman–Crippen LogP) is 4.10. The highest BCUT2D eigenvalue weighted by molar-refractivity contribution is 5.65. The van der Waals surface area contributed by atoms with Crippen LogP contribution in [0, 0.1) is 21.4 Å². The third-order valence-electron chi connectivity index (χ3n) is 6.30. The Labute approximate surface area is 165 Å². The van der Waals surface area contributed by atoms with Crippen LogP contribution in [0.2, 0.25) is 0 Å². The third kappa shape index (κ3) is 3.46. The summed E-state index contributed by atoms with van der Waals surface area (Å²) >= 11 is 0. The quantitative estimate of drug-likeness (QED) is 0.580. The van der Waals surface area contributed by atoms with Gasteiger partial charge in [0.15, 0.2) is 0 Å². The van der Waals surface area contributed by atoms with Crippen molar-refractivity contribution in [3.05, 3.63) is 69.8 Å². The molecule has 2 aliphatic rings. The number of benzene rings is 2. The van der Waals surface area contributed by atoms with Crippen molar-refractivity contribution in [2.45, 2.75) is 50.4 Å². The molecule has 2 fully saturated rings. The fraction of sp³-hybridized carbons (Fsp3) is 0.409. The molecule has 2 heterocycles. The first-order valence-corrected chi connectivity index (χ1v) is 9.78. The number of piperidine rings is 1. The zero-order valence-corrected chi connectivity index (χ0v) is 16.0. The van der Waals surface area contributed by atoms with Crippen LogP contribution in [-0.4, -0.2) is 35.0 Å². The first-order chi connectivity index (χ1) is 13.6. The van der Waals surface area contributed by atoms with E-state index < -0.39 is 0 Å². The van der Waals surface area contributed by atoms with Gasteiger partial charge in [-0.05, 0) is 43.4 Å². The zero-order valence-electron chi connectivity index (χ0n) is 16.0. The molecule has 2 aromatic rings. The van der Waals surface area contributed by atoms with E-state index in [0.717, 1.165) is 19.4 Å². The molecule has 4 rings (SSSR count). The van der Waals surface area contributed by atoms with Gasteiger partial charge < -0.3 is 4.90 Å². The van der Waals surface area contributed by atoms with Gasteiger partial charge in [-0.2, -0.15) is 5.26 Å². The van der Waals surface area contributed by atoms with Crippen LogP contribution in [0.25, 0.3) is 0 Å². The Bertz CT molecular complexity index is 894. The van der Waals surface area contributed by atoms with E-state index in [1.165, 1.54) is 24.5 Å². The first-order valence-electron chi connectivity index (χ1n) is 9.78. The average molecular weight is 376 g/mol. The summed E-state index contributed by atoms with van der Waals surface area (Å²) in [6.07, 6.45) is 4.41. The highest BCUT2D eigenvalue weighted by Crippen LogP contribution is 2.40. The predicted molar refractivity (Wildman–Crippen MR) is 108 cm³/mol. The molecule has 2 aliphatic heterocycles. The molecule has 0 N–H and O–H groups in total. The van der Waals surface area contributed by atoms with Crippen LogP contribution in [0.15, 0.2) is 48.5 Å². The highest BCUT2D eigenvalue weighted by Gasteiger charge is 2.42. The largest absolute Gasteiger partial charge is 0.366 e. The van der Waals surface area contributed by atoms with Gasteiger partial charge in [0.2, 0.25) is 0 Å². The zero-order chi connectivity index (χ0) is 19.7. The second-order valence-electron chi connectivity index (χ2n) is 7.85. The number of rotatable bonds is 5. The molecule has 0 spiro atoms. The molecule has 144 valence electrons. The van der Waals surface area contributed by atoms with Crippen LogP contribution < -0.4 is 4.90 Å². The number of hydrogen-bond acceptors (Lipinski definition) is 5. The summed E-state index contributed by atoms with van der Waals surface area (Å²) in [6, 6.07) is 18.6. The minimum atomic E-state index is -0.383. The van der Waals surface area contributed by atoms with Crippen molar-refractivity contribution in [2.24, 2.45) is 0 Å². The van der Waals surface area contributed by atoms with E-state index in [1.807, 2.05) is 19.2 Å².